The summed E-state index contributed by atoms with van der Waals surface area (Å²) >= 11 is 0. The lowest BCUT2D eigenvalue weighted by Crippen LogP contribution is -2.17. The number of aryl methyl sites for hydroxylation is 1. The maximum atomic E-state index is 14.0. The Hall–Kier alpha value is -4.98. The maximum absolute atomic E-state index is 14.0. The molecule has 2 aromatic carbocycles. The molecule has 1 aliphatic carbocycles. The van der Waals surface area contributed by atoms with Gasteiger partial charge in [0, 0.05) is 17.0 Å². The number of nitrogens with two attached hydrogens (primary N) is 1. The first-order valence-electron chi connectivity index (χ1n) is 12.7. The van der Waals surface area contributed by atoms with Crippen molar-refractivity contribution < 1.29 is 31.5 Å². The fourth-order valence-corrected chi connectivity index (χ4v) is 5.89. The third-order valence-corrected chi connectivity index (χ3v) is 8.72. The Morgan fingerprint density at radius 1 is 1.14 bits per heavy atom. The van der Waals surface area contributed by atoms with E-state index < -0.39 is 38.4 Å². The van der Waals surface area contributed by atoms with E-state index in [1.54, 1.807) is 25.1 Å². The van der Waals surface area contributed by atoms with Gasteiger partial charge in [-0.15, -0.1) is 0 Å². The number of methoxy groups -OCH3 is 1. The van der Waals surface area contributed by atoms with Crippen molar-refractivity contribution in [3.05, 3.63) is 83.3 Å². The largest absolute Gasteiger partial charge is 0.495 e. The molecule has 3 aromatic heterocycles. The SMILES string of the molecule is COc1cc2cc(C(=O)c3cnn(-c4cnc(Oc5c(F)cccc5F)cc4C)c3N)[nH]c2cc1NS(=O)(=O)C1CC1. The van der Waals surface area contributed by atoms with E-state index in [1.807, 2.05) is 0 Å². The highest BCUT2D eigenvalue weighted by atomic mass is 32.2. The van der Waals surface area contributed by atoms with Crippen LogP contribution in [0.1, 0.15) is 34.5 Å². The minimum Gasteiger partial charge on any atom is -0.495 e. The van der Waals surface area contributed by atoms with Gasteiger partial charge in [0.2, 0.25) is 27.4 Å². The van der Waals surface area contributed by atoms with Crippen molar-refractivity contribution in [3.8, 4) is 23.1 Å². The van der Waals surface area contributed by atoms with E-state index in [0.29, 0.717) is 40.7 Å². The standard InChI is InChI=1S/C28H24F2N6O5S/c1-14-8-25(41-27-18(29)4-3-5-19(27)30)32-13-23(14)36-28(31)17(12-33-36)26(37)22-9-15-10-24(40-2)21(11-20(15)34-22)35-42(38,39)16-6-7-16/h3-5,8-13,16,34-35H,6-7,31H2,1-2H3. The van der Waals surface area contributed by atoms with Crippen molar-refractivity contribution >= 4 is 38.2 Å². The lowest BCUT2D eigenvalue weighted by molar-refractivity contribution is 0.103. The summed E-state index contributed by atoms with van der Waals surface area (Å²) in [5.74, 6) is -2.47. The van der Waals surface area contributed by atoms with Gasteiger partial charge in [-0.05, 0) is 55.7 Å². The average molecular weight is 595 g/mol. The van der Waals surface area contributed by atoms with Crippen molar-refractivity contribution in [2.24, 2.45) is 0 Å². The number of carbonyl (C=O) groups is 1. The van der Waals surface area contributed by atoms with Crippen molar-refractivity contribution in [2.75, 3.05) is 17.6 Å². The van der Waals surface area contributed by atoms with Crippen LogP contribution in [0.15, 0.2) is 54.9 Å². The van der Waals surface area contributed by atoms with Gasteiger partial charge in [0.1, 0.15) is 11.6 Å². The number of hydrogen-bond donors (Lipinski definition) is 3. The summed E-state index contributed by atoms with van der Waals surface area (Å²) in [6.07, 6.45) is 3.90. The molecule has 0 amide bonds. The molecule has 1 fully saturated rings. The number of para-hydroxylation sites is 1. The Kier molecular flexibility index (Phi) is 6.56. The van der Waals surface area contributed by atoms with Crippen LogP contribution in [0.3, 0.4) is 0 Å². The molecule has 0 atom stereocenters. The van der Waals surface area contributed by atoms with Gasteiger partial charge in [-0.25, -0.2) is 26.9 Å². The van der Waals surface area contributed by atoms with Gasteiger partial charge < -0.3 is 20.2 Å². The number of nitrogens with one attached hydrogen (secondary N) is 2. The van der Waals surface area contributed by atoms with Crippen LogP contribution in [0.5, 0.6) is 17.4 Å². The molecule has 1 saturated carbocycles. The summed E-state index contributed by atoms with van der Waals surface area (Å²) in [7, 11) is -2.11. The van der Waals surface area contributed by atoms with Crippen LogP contribution in [0.2, 0.25) is 0 Å². The second-order valence-electron chi connectivity index (χ2n) is 9.82. The fourth-order valence-electron chi connectivity index (χ4n) is 4.50. The number of aromatic amines is 1. The van der Waals surface area contributed by atoms with E-state index in [9.17, 15) is 22.0 Å². The van der Waals surface area contributed by atoms with E-state index in [0.717, 1.165) is 12.1 Å². The average Bonchev–Trinajstić information content (AvgIpc) is 3.64. The number of ether oxygens (including phenoxy) is 2. The first-order valence-corrected chi connectivity index (χ1v) is 14.3. The molecule has 0 bridgehead atoms. The third-order valence-electron chi connectivity index (χ3n) is 6.86. The van der Waals surface area contributed by atoms with E-state index in [-0.39, 0.29) is 28.6 Å². The van der Waals surface area contributed by atoms with Crippen molar-refractivity contribution in [3.63, 3.8) is 0 Å². The number of fused-ring (bicyclic) bond motifs is 1. The van der Waals surface area contributed by atoms with Crippen LogP contribution >= 0.6 is 0 Å². The topological polar surface area (TPSA) is 154 Å². The first-order chi connectivity index (χ1) is 20.1. The highest BCUT2D eigenvalue weighted by Gasteiger charge is 2.36. The molecular weight excluding hydrogens is 570 g/mol. The molecule has 3 heterocycles. The second kappa shape index (κ2) is 10.1. The summed E-state index contributed by atoms with van der Waals surface area (Å²) < 4.78 is 67.5. The van der Waals surface area contributed by atoms with Gasteiger partial charge in [-0.3, -0.25) is 9.52 Å². The number of H-pyrrole nitrogens is 1. The lowest BCUT2D eigenvalue weighted by Gasteiger charge is -2.11. The summed E-state index contributed by atoms with van der Waals surface area (Å²) in [4.78, 5) is 20.6. The number of rotatable bonds is 9. The predicted octanol–water partition coefficient (Wildman–Crippen LogP) is 4.85. The minimum atomic E-state index is -3.53. The Morgan fingerprint density at radius 3 is 2.55 bits per heavy atom. The zero-order valence-corrected chi connectivity index (χ0v) is 23.1. The molecule has 6 rings (SSSR count). The van der Waals surface area contributed by atoms with E-state index >= 15 is 0 Å². The van der Waals surface area contributed by atoms with Gasteiger partial charge >= 0.3 is 0 Å². The van der Waals surface area contributed by atoms with Gasteiger partial charge in [0.15, 0.2) is 11.6 Å². The molecule has 0 saturated heterocycles. The molecule has 216 valence electrons. The minimum absolute atomic E-state index is 0.0350. The highest BCUT2D eigenvalue weighted by molar-refractivity contribution is 7.93. The molecule has 5 aromatic rings. The molecule has 0 radical (unpaired) electrons. The van der Waals surface area contributed by atoms with Crippen LogP contribution in [-0.4, -0.2) is 46.3 Å². The molecule has 4 N–H and O–H groups in total. The van der Waals surface area contributed by atoms with Crippen molar-refractivity contribution in [1.29, 1.82) is 0 Å². The van der Waals surface area contributed by atoms with Gasteiger partial charge in [-0.1, -0.05) is 6.07 Å². The number of hydrogen-bond acceptors (Lipinski definition) is 8. The van der Waals surface area contributed by atoms with E-state index in [2.05, 4.69) is 19.8 Å². The zero-order valence-electron chi connectivity index (χ0n) is 22.3. The molecule has 0 aliphatic heterocycles. The number of anilines is 2. The van der Waals surface area contributed by atoms with Crippen molar-refractivity contribution in [2.45, 2.75) is 25.0 Å². The number of nitrogen functional groups attached to an aromatic ring is 1. The molecule has 0 spiro atoms. The number of pyridine rings is 1. The normalized spacial score (nSPS) is 13.3. The van der Waals surface area contributed by atoms with Crippen molar-refractivity contribution in [1.82, 2.24) is 19.7 Å². The first kappa shape index (κ1) is 27.2. The molecule has 0 unspecified atom stereocenters. The number of carbonyl (C=O) groups excluding carboxylic acids is 1. The number of benzene rings is 2. The van der Waals surface area contributed by atoms with Crippen LogP contribution in [-0.2, 0) is 10.0 Å². The molecule has 11 nitrogen and oxygen atoms in total. The van der Waals surface area contributed by atoms with Crippen LogP contribution in [0, 0.1) is 18.6 Å². The molecule has 14 heteroatoms. The monoisotopic (exact) mass is 594 g/mol. The highest BCUT2D eigenvalue weighted by Crippen LogP contribution is 2.36. The van der Waals surface area contributed by atoms with Crippen LogP contribution < -0.4 is 19.9 Å². The van der Waals surface area contributed by atoms with Gasteiger partial charge in [0.05, 0.1) is 47.4 Å². The molecule has 42 heavy (non-hydrogen) atoms. The Labute approximate surface area is 238 Å². The summed E-state index contributed by atoms with van der Waals surface area (Å²) in [5.41, 5.74) is 8.38. The summed E-state index contributed by atoms with van der Waals surface area (Å²) in [6, 6.07) is 9.64. The molecule has 1 aliphatic rings. The number of halogens is 2. The predicted molar refractivity (Wildman–Crippen MR) is 151 cm³/mol. The third kappa shape index (κ3) is 4.89. The lowest BCUT2D eigenvalue weighted by atomic mass is 10.1. The van der Waals surface area contributed by atoms with Gasteiger partial charge in [-0.2, -0.15) is 5.10 Å². The Balaban J connectivity index is 1.27. The van der Waals surface area contributed by atoms with Crippen LogP contribution in [0.25, 0.3) is 16.6 Å². The number of nitrogens with zero attached hydrogens (tertiary/aromatic N) is 3. The fraction of sp³-hybridized carbons (Fsp3) is 0.179. The van der Waals surface area contributed by atoms with Gasteiger partial charge in [0.25, 0.3) is 0 Å². The zero-order chi connectivity index (χ0) is 29.8. The van der Waals surface area contributed by atoms with E-state index in [1.165, 1.54) is 36.3 Å². The Morgan fingerprint density at radius 2 is 1.88 bits per heavy atom. The maximum Gasteiger partial charge on any atom is 0.235 e. The second-order valence-corrected chi connectivity index (χ2v) is 11.8. The summed E-state index contributed by atoms with van der Waals surface area (Å²) in [6.45, 7) is 1.70. The quantitative estimate of drug-likeness (QED) is 0.205. The molecular formula is C28H24F2N6O5S. The number of aromatic nitrogens is 4. The van der Waals surface area contributed by atoms with Crippen LogP contribution in [0.4, 0.5) is 20.3 Å². The Bertz CT molecular complexity index is 1960. The number of ketones is 1. The smallest absolute Gasteiger partial charge is 0.235 e. The van der Waals surface area contributed by atoms with E-state index in [4.69, 9.17) is 15.2 Å². The number of sulfonamides is 1. The summed E-state index contributed by atoms with van der Waals surface area (Å²) in [5, 5.41) is 4.45.